The van der Waals surface area contributed by atoms with Crippen LogP contribution in [0.5, 0.6) is 0 Å². The smallest absolute Gasteiger partial charge is 0.372 e. The zero-order valence-corrected chi connectivity index (χ0v) is 11.5. The molecule has 1 aliphatic rings. The summed E-state index contributed by atoms with van der Waals surface area (Å²) in [5.74, 6) is -0.236. The van der Waals surface area contributed by atoms with E-state index in [2.05, 4.69) is 11.6 Å². The molecule has 1 heterocycles. The van der Waals surface area contributed by atoms with Gasteiger partial charge < -0.3 is 14.8 Å². The van der Waals surface area contributed by atoms with Gasteiger partial charge in [0, 0.05) is 16.9 Å². The first-order valence-electron chi connectivity index (χ1n) is 6.19. The number of rotatable bonds is 5. The van der Waals surface area contributed by atoms with Crippen LogP contribution in [0.15, 0.2) is 10.5 Å². The zero-order valence-electron chi connectivity index (χ0n) is 10.7. The van der Waals surface area contributed by atoms with E-state index in [1.165, 1.54) is 19.3 Å². The standard InChI is InChI=1S/C13H19NO3S/c1-8-5-10(17-12(8)13(15)16)7-14-9-3-4-11(6-9)18-2/h5,9,11,14H,3-4,6-7H2,1-2H3,(H,15,16). The zero-order chi connectivity index (χ0) is 13.1. The maximum Gasteiger partial charge on any atom is 0.372 e. The molecule has 2 N–H and O–H groups in total. The van der Waals surface area contributed by atoms with Gasteiger partial charge in [-0.3, -0.25) is 0 Å². The monoisotopic (exact) mass is 269 g/mol. The fourth-order valence-corrected chi connectivity index (χ4v) is 3.23. The third kappa shape index (κ3) is 3.09. The van der Waals surface area contributed by atoms with Crippen molar-refractivity contribution >= 4 is 17.7 Å². The Balaban J connectivity index is 1.87. The highest BCUT2D eigenvalue weighted by Gasteiger charge is 2.23. The summed E-state index contributed by atoms with van der Waals surface area (Å²) >= 11 is 1.93. The Bertz CT molecular complexity index is 430. The van der Waals surface area contributed by atoms with E-state index >= 15 is 0 Å². The summed E-state index contributed by atoms with van der Waals surface area (Å²) in [5, 5.41) is 13.1. The lowest BCUT2D eigenvalue weighted by Gasteiger charge is -2.11. The summed E-state index contributed by atoms with van der Waals surface area (Å²) in [6.07, 6.45) is 5.79. The quantitative estimate of drug-likeness (QED) is 0.860. The molecule has 2 rings (SSSR count). The molecule has 0 bridgehead atoms. The Kier molecular flexibility index (Phi) is 4.35. The Labute approximate surface area is 111 Å². The van der Waals surface area contributed by atoms with Crippen molar-refractivity contribution in [3.63, 3.8) is 0 Å². The van der Waals surface area contributed by atoms with Crippen molar-refractivity contribution in [2.24, 2.45) is 0 Å². The van der Waals surface area contributed by atoms with Gasteiger partial charge in [-0.2, -0.15) is 11.8 Å². The Hall–Kier alpha value is -0.940. The molecule has 1 aliphatic carbocycles. The van der Waals surface area contributed by atoms with Crippen molar-refractivity contribution < 1.29 is 14.3 Å². The van der Waals surface area contributed by atoms with Gasteiger partial charge in [-0.15, -0.1) is 0 Å². The number of aromatic carboxylic acids is 1. The van der Waals surface area contributed by atoms with Crippen LogP contribution in [-0.2, 0) is 6.54 Å². The Morgan fingerprint density at radius 2 is 2.39 bits per heavy atom. The molecule has 2 atom stereocenters. The third-order valence-corrected chi connectivity index (χ3v) is 4.54. The molecule has 0 aromatic carbocycles. The summed E-state index contributed by atoms with van der Waals surface area (Å²) in [5.41, 5.74) is 0.688. The molecule has 1 fully saturated rings. The number of hydrogen-bond donors (Lipinski definition) is 2. The molecule has 0 radical (unpaired) electrons. The van der Waals surface area contributed by atoms with E-state index in [-0.39, 0.29) is 5.76 Å². The molecule has 0 amide bonds. The number of carboxylic acid groups (broad SMARTS) is 1. The van der Waals surface area contributed by atoms with Gasteiger partial charge in [0.2, 0.25) is 5.76 Å². The maximum atomic E-state index is 10.9. The largest absolute Gasteiger partial charge is 0.475 e. The van der Waals surface area contributed by atoms with Crippen LogP contribution in [0.25, 0.3) is 0 Å². The number of furan rings is 1. The van der Waals surface area contributed by atoms with E-state index in [4.69, 9.17) is 9.52 Å². The lowest BCUT2D eigenvalue weighted by molar-refractivity contribution is 0.0659. The van der Waals surface area contributed by atoms with Crippen molar-refractivity contribution in [1.29, 1.82) is 0 Å². The molecule has 0 spiro atoms. The minimum absolute atomic E-state index is 0.0558. The summed E-state index contributed by atoms with van der Waals surface area (Å²) < 4.78 is 5.32. The second-order valence-corrected chi connectivity index (χ2v) is 5.92. The highest BCUT2D eigenvalue weighted by molar-refractivity contribution is 7.99. The van der Waals surface area contributed by atoms with Crippen molar-refractivity contribution in [3.8, 4) is 0 Å². The number of thioether (sulfide) groups is 1. The third-order valence-electron chi connectivity index (χ3n) is 3.45. The lowest BCUT2D eigenvalue weighted by Crippen LogP contribution is -2.25. The van der Waals surface area contributed by atoms with Crippen molar-refractivity contribution in [2.45, 2.75) is 44.0 Å². The van der Waals surface area contributed by atoms with Crippen LogP contribution in [0, 0.1) is 6.92 Å². The van der Waals surface area contributed by atoms with E-state index in [0.29, 0.717) is 23.9 Å². The summed E-state index contributed by atoms with van der Waals surface area (Å²) in [6, 6.07) is 2.33. The first kappa shape index (κ1) is 13.5. The molecule has 5 heteroatoms. The summed E-state index contributed by atoms with van der Waals surface area (Å²) in [4.78, 5) is 10.9. The van der Waals surface area contributed by atoms with Crippen LogP contribution in [0.1, 0.15) is 41.1 Å². The number of carboxylic acids is 1. The Morgan fingerprint density at radius 3 is 2.94 bits per heavy atom. The average molecular weight is 269 g/mol. The molecule has 100 valence electrons. The van der Waals surface area contributed by atoms with Gasteiger partial charge >= 0.3 is 5.97 Å². The molecule has 4 nitrogen and oxygen atoms in total. The van der Waals surface area contributed by atoms with E-state index in [9.17, 15) is 4.79 Å². The van der Waals surface area contributed by atoms with E-state index in [1.807, 2.05) is 11.8 Å². The molecule has 0 aliphatic heterocycles. The van der Waals surface area contributed by atoms with Gasteiger partial charge in [-0.05, 0) is 38.5 Å². The first-order valence-corrected chi connectivity index (χ1v) is 7.47. The summed E-state index contributed by atoms with van der Waals surface area (Å²) in [6.45, 7) is 2.37. The van der Waals surface area contributed by atoms with E-state index in [1.54, 1.807) is 13.0 Å². The summed E-state index contributed by atoms with van der Waals surface area (Å²) in [7, 11) is 0. The molecular weight excluding hydrogens is 250 g/mol. The first-order chi connectivity index (χ1) is 8.60. The SMILES string of the molecule is CSC1CCC(NCc2cc(C)c(C(=O)O)o2)C1. The predicted molar refractivity (Wildman–Crippen MR) is 72.2 cm³/mol. The average Bonchev–Trinajstić information content (AvgIpc) is 2.92. The van der Waals surface area contributed by atoms with Crippen LogP contribution >= 0.6 is 11.8 Å². The molecule has 2 unspecified atom stereocenters. The van der Waals surface area contributed by atoms with Gasteiger partial charge in [-0.25, -0.2) is 4.79 Å². The molecular formula is C13H19NO3S. The Morgan fingerprint density at radius 1 is 1.61 bits per heavy atom. The van der Waals surface area contributed by atoms with E-state index in [0.717, 1.165) is 5.25 Å². The number of aryl methyl sites for hydroxylation is 1. The number of hydrogen-bond acceptors (Lipinski definition) is 4. The van der Waals surface area contributed by atoms with Crippen LogP contribution in [0.4, 0.5) is 0 Å². The maximum absolute atomic E-state index is 10.9. The minimum atomic E-state index is -0.998. The van der Waals surface area contributed by atoms with Gasteiger partial charge in [0.1, 0.15) is 5.76 Å². The number of nitrogens with one attached hydrogen (secondary N) is 1. The van der Waals surface area contributed by atoms with E-state index < -0.39 is 5.97 Å². The second-order valence-electron chi connectivity index (χ2n) is 4.78. The van der Waals surface area contributed by atoms with Crippen LogP contribution in [-0.4, -0.2) is 28.6 Å². The predicted octanol–water partition coefficient (Wildman–Crippen LogP) is 2.66. The number of carbonyl (C=O) groups is 1. The molecule has 1 aromatic heterocycles. The van der Waals surface area contributed by atoms with Gasteiger partial charge in [-0.1, -0.05) is 0 Å². The van der Waals surface area contributed by atoms with Crippen LogP contribution < -0.4 is 5.32 Å². The fourth-order valence-electron chi connectivity index (χ4n) is 2.43. The topological polar surface area (TPSA) is 62.5 Å². The highest BCUT2D eigenvalue weighted by atomic mass is 32.2. The molecule has 1 aromatic rings. The van der Waals surface area contributed by atoms with Crippen molar-refractivity contribution in [3.05, 3.63) is 23.2 Å². The molecule has 18 heavy (non-hydrogen) atoms. The molecule has 0 saturated heterocycles. The second kappa shape index (κ2) is 5.80. The minimum Gasteiger partial charge on any atom is -0.475 e. The highest BCUT2D eigenvalue weighted by Crippen LogP contribution is 2.28. The lowest BCUT2D eigenvalue weighted by atomic mass is 10.2. The van der Waals surface area contributed by atoms with Crippen molar-refractivity contribution in [2.75, 3.05) is 6.26 Å². The van der Waals surface area contributed by atoms with Gasteiger partial charge in [0.25, 0.3) is 0 Å². The normalized spacial score (nSPS) is 23.4. The molecule has 1 saturated carbocycles. The van der Waals surface area contributed by atoms with Crippen LogP contribution in [0.2, 0.25) is 0 Å². The fraction of sp³-hybridized carbons (Fsp3) is 0.615. The van der Waals surface area contributed by atoms with Gasteiger partial charge in [0.15, 0.2) is 0 Å². The van der Waals surface area contributed by atoms with Crippen LogP contribution in [0.3, 0.4) is 0 Å². The van der Waals surface area contributed by atoms with Crippen molar-refractivity contribution in [1.82, 2.24) is 5.32 Å². The van der Waals surface area contributed by atoms with Gasteiger partial charge in [0.05, 0.1) is 6.54 Å².